The van der Waals surface area contributed by atoms with E-state index in [1.807, 2.05) is 0 Å². The molecular weight excluding hydrogens is 798 g/mol. The molecule has 0 aromatic rings. The third kappa shape index (κ3) is 33.0. The summed E-state index contributed by atoms with van der Waals surface area (Å²) in [5.41, 5.74) is 0. The summed E-state index contributed by atoms with van der Waals surface area (Å²) >= 11 is 0. The zero-order chi connectivity index (χ0) is 32.6. The van der Waals surface area contributed by atoms with E-state index in [2.05, 4.69) is 27.9 Å². The van der Waals surface area contributed by atoms with Gasteiger partial charge in [0.25, 0.3) is 0 Å². The van der Waals surface area contributed by atoms with Crippen molar-refractivity contribution in [1.82, 2.24) is 0 Å². The van der Waals surface area contributed by atoms with Gasteiger partial charge in [-0.05, 0) is 25.7 Å². The third-order valence-corrected chi connectivity index (χ3v) is 11.7. The maximum atomic E-state index is 2.58. The van der Waals surface area contributed by atoms with Crippen LogP contribution in [0.25, 0.3) is 0 Å². The first-order valence-electron chi connectivity index (χ1n) is 21.7. The fourth-order valence-electron chi connectivity index (χ4n) is 8.07. The Bertz CT molecular complexity index is 552. The number of halogens is 2. The summed E-state index contributed by atoms with van der Waals surface area (Å²) in [5, 5.41) is 0. The minimum absolute atomic E-state index is 0. The van der Waals surface area contributed by atoms with Crippen molar-refractivity contribution in [3.8, 4) is 0 Å². The molecule has 1 saturated heterocycles. The Morgan fingerprint density at radius 1 is 0.277 bits per heavy atom. The molecule has 1 heterocycles. The first kappa shape index (κ1) is 50.5. The Balaban J connectivity index is 0. The zero-order valence-electron chi connectivity index (χ0n) is 33.2. The highest BCUT2D eigenvalue weighted by atomic mass is 127. The van der Waals surface area contributed by atoms with Crippen molar-refractivity contribution in [2.75, 3.05) is 53.4 Å². The van der Waals surface area contributed by atoms with Crippen LogP contribution in [0.4, 0.5) is 0 Å². The second kappa shape index (κ2) is 37.1. The van der Waals surface area contributed by atoms with Gasteiger partial charge in [-0.3, -0.25) is 0 Å². The molecule has 0 aromatic carbocycles. The number of quaternary nitrogens is 2. The van der Waals surface area contributed by atoms with Crippen LogP contribution in [0.1, 0.15) is 226 Å². The molecule has 1 fully saturated rings. The Morgan fingerprint density at radius 2 is 0.468 bits per heavy atom. The summed E-state index contributed by atoms with van der Waals surface area (Å²) in [7, 11) is 5.16. The number of nitrogens with zero attached hydrogens (tertiary/aromatic N) is 2. The van der Waals surface area contributed by atoms with E-state index in [4.69, 9.17) is 0 Å². The smallest absolute Gasteiger partial charge is 0.128 e. The summed E-state index contributed by atoms with van der Waals surface area (Å²) in [6.07, 6.45) is 48.5. The first-order valence-corrected chi connectivity index (χ1v) is 21.7. The van der Waals surface area contributed by atoms with E-state index in [0.29, 0.717) is 0 Å². The van der Waals surface area contributed by atoms with E-state index >= 15 is 0 Å². The summed E-state index contributed by atoms with van der Waals surface area (Å²) in [5.74, 6) is 0. The maximum absolute atomic E-state index is 2.58. The van der Waals surface area contributed by atoms with E-state index in [9.17, 15) is 0 Å². The molecule has 286 valence electrons. The maximum Gasteiger partial charge on any atom is 0.128 e. The van der Waals surface area contributed by atoms with Crippen LogP contribution < -0.4 is 48.0 Å². The van der Waals surface area contributed by atoms with Crippen molar-refractivity contribution >= 4 is 0 Å². The average molecular weight is 889 g/mol. The molecule has 0 bridgehead atoms. The standard InChI is InChI=1S/C43H90N2.2HI/c1-5-7-9-11-13-15-17-19-21-23-25-27-29-31-33-35-38-44(3)40-37-41-45(4,43-42-44)39-36-34-32-30-28-26-24-22-20-18-16-14-12-10-8-6-2;;/h5-43H2,1-4H3;2*1H/q+2;;/p-2. The molecule has 4 heteroatoms. The van der Waals surface area contributed by atoms with Crippen LogP contribution in [-0.2, 0) is 0 Å². The SMILES string of the molecule is CCCCCCCCCCCCCCCCCC[N+]1(C)CCC[N+](C)(CCCCCCCCCCCCCCCCCC)CC1.[I-].[I-]. The largest absolute Gasteiger partial charge is 1.00 e. The fraction of sp³-hybridized carbons (Fsp3) is 1.00. The molecule has 0 N–H and O–H groups in total. The average Bonchev–Trinajstić information content (AvgIpc) is 3.18. The molecule has 1 aliphatic rings. The lowest BCUT2D eigenvalue weighted by Crippen LogP contribution is -3.00. The molecule has 0 amide bonds. The van der Waals surface area contributed by atoms with Crippen molar-refractivity contribution < 1.29 is 56.9 Å². The summed E-state index contributed by atoms with van der Waals surface area (Å²) in [6.45, 7) is 13.1. The van der Waals surface area contributed by atoms with Gasteiger partial charge < -0.3 is 56.9 Å². The molecule has 0 radical (unpaired) electrons. The van der Waals surface area contributed by atoms with Crippen molar-refractivity contribution in [2.24, 2.45) is 0 Å². The van der Waals surface area contributed by atoms with Gasteiger partial charge in [-0.15, -0.1) is 0 Å². The van der Waals surface area contributed by atoms with Crippen LogP contribution in [0.2, 0.25) is 0 Å². The van der Waals surface area contributed by atoms with Gasteiger partial charge in [-0.25, -0.2) is 0 Å². The van der Waals surface area contributed by atoms with Crippen molar-refractivity contribution in [3.05, 3.63) is 0 Å². The predicted octanol–water partition coefficient (Wildman–Crippen LogP) is 7.81. The first-order chi connectivity index (χ1) is 22.0. The minimum atomic E-state index is 0. The molecule has 0 aliphatic carbocycles. The highest BCUT2D eigenvalue weighted by molar-refractivity contribution is 4.55. The number of hydrogen-bond donors (Lipinski definition) is 0. The lowest BCUT2D eigenvalue weighted by Gasteiger charge is -2.35. The molecule has 0 spiro atoms. The van der Waals surface area contributed by atoms with Gasteiger partial charge in [0.15, 0.2) is 0 Å². The number of likely N-dealkylation sites (N-methyl/N-ethyl adjacent to an activating group) is 2. The summed E-state index contributed by atoms with van der Waals surface area (Å²) < 4.78 is 2.71. The van der Waals surface area contributed by atoms with E-state index in [0.717, 1.165) is 0 Å². The monoisotopic (exact) mass is 889 g/mol. The Labute approximate surface area is 333 Å². The van der Waals surface area contributed by atoms with Crippen LogP contribution in [0.3, 0.4) is 0 Å². The van der Waals surface area contributed by atoms with Gasteiger partial charge in [0.05, 0.1) is 40.3 Å². The molecule has 0 saturated carbocycles. The molecule has 47 heavy (non-hydrogen) atoms. The Kier molecular flexibility index (Phi) is 39.9. The second-order valence-electron chi connectivity index (χ2n) is 16.5. The summed E-state index contributed by atoms with van der Waals surface area (Å²) in [6, 6.07) is 0. The van der Waals surface area contributed by atoms with Gasteiger partial charge in [-0.2, -0.15) is 0 Å². The quantitative estimate of drug-likeness (QED) is 0.0352. The predicted molar refractivity (Wildman–Crippen MR) is 205 cm³/mol. The highest BCUT2D eigenvalue weighted by Gasteiger charge is 2.32. The second-order valence-corrected chi connectivity index (χ2v) is 16.5. The van der Waals surface area contributed by atoms with Gasteiger partial charge in [0, 0.05) is 6.42 Å². The summed E-state index contributed by atoms with van der Waals surface area (Å²) in [4.78, 5) is 0. The van der Waals surface area contributed by atoms with Crippen molar-refractivity contribution in [1.29, 1.82) is 0 Å². The lowest BCUT2D eigenvalue weighted by atomic mass is 10.0. The molecule has 0 aromatic heterocycles. The van der Waals surface area contributed by atoms with Gasteiger partial charge >= 0.3 is 0 Å². The van der Waals surface area contributed by atoms with Crippen LogP contribution in [-0.4, -0.2) is 62.3 Å². The van der Waals surface area contributed by atoms with E-state index in [-0.39, 0.29) is 48.0 Å². The molecule has 2 unspecified atom stereocenters. The highest BCUT2D eigenvalue weighted by Crippen LogP contribution is 2.20. The van der Waals surface area contributed by atoms with E-state index in [1.165, 1.54) is 260 Å². The Morgan fingerprint density at radius 3 is 0.681 bits per heavy atom. The normalized spacial score (nSPS) is 19.7. The van der Waals surface area contributed by atoms with Gasteiger partial charge in [0.2, 0.25) is 0 Å². The van der Waals surface area contributed by atoms with Crippen molar-refractivity contribution in [3.63, 3.8) is 0 Å². The van der Waals surface area contributed by atoms with Crippen LogP contribution >= 0.6 is 0 Å². The van der Waals surface area contributed by atoms with Crippen LogP contribution in [0, 0.1) is 0 Å². The van der Waals surface area contributed by atoms with Gasteiger partial charge in [-0.1, -0.05) is 194 Å². The molecule has 1 aliphatic heterocycles. The zero-order valence-corrected chi connectivity index (χ0v) is 37.5. The van der Waals surface area contributed by atoms with E-state index in [1.54, 1.807) is 0 Å². The number of rotatable bonds is 34. The van der Waals surface area contributed by atoms with Crippen molar-refractivity contribution in [2.45, 2.75) is 226 Å². The molecule has 2 atom stereocenters. The van der Waals surface area contributed by atoms with Crippen LogP contribution in [0.5, 0.6) is 0 Å². The fourth-order valence-corrected chi connectivity index (χ4v) is 8.07. The number of hydrogen-bond acceptors (Lipinski definition) is 0. The third-order valence-electron chi connectivity index (χ3n) is 11.7. The molecule has 1 rings (SSSR count). The minimum Gasteiger partial charge on any atom is -1.00 e. The number of unbranched alkanes of at least 4 members (excludes halogenated alkanes) is 30. The topological polar surface area (TPSA) is 0 Å². The molecule has 2 nitrogen and oxygen atoms in total. The van der Waals surface area contributed by atoms with Crippen LogP contribution in [0.15, 0.2) is 0 Å². The Hall–Kier alpha value is 1.38. The molecular formula is C43H90I2N2. The van der Waals surface area contributed by atoms with E-state index < -0.39 is 0 Å². The lowest BCUT2D eigenvalue weighted by molar-refractivity contribution is -0.946. The van der Waals surface area contributed by atoms with Gasteiger partial charge in [0.1, 0.15) is 13.1 Å².